The van der Waals surface area contributed by atoms with Crippen molar-refractivity contribution in [3.8, 4) is 0 Å². The van der Waals surface area contributed by atoms with Gasteiger partial charge in [-0.1, -0.05) is 13.0 Å². The summed E-state index contributed by atoms with van der Waals surface area (Å²) in [6.07, 6.45) is -1.71. The topological polar surface area (TPSA) is 12.4 Å². The van der Waals surface area contributed by atoms with E-state index < -0.39 is 11.9 Å². The Kier molecular flexibility index (Phi) is 2.26. The van der Waals surface area contributed by atoms with Crippen molar-refractivity contribution >= 4 is 5.71 Å². The molecule has 2 unspecified atom stereocenters. The number of aliphatic imine (C=N–C) groups is 1. The minimum atomic E-state index is -4.30. The van der Waals surface area contributed by atoms with Gasteiger partial charge in [-0.2, -0.15) is 13.2 Å². The van der Waals surface area contributed by atoms with Crippen LogP contribution in [0.4, 0.5) is 13.2 Å². The maximum atomic E-state index is 12.1. The Morgan fingerprint density at radius 2 is 1.92 bits per heavy atom. The minimum absolute atomic E-state index is 0.0936. The number of nitrogens with zero attached hydrogens (tertiary/aromatic N) is 1. The Bertz CT molecular complexity index is 227. The van der Waals surface area contributed by atoms with Gasteiger partial charge in [0, 0.05) is 0 Å². The number of allylic oxidation sites excluding steroid dienone is 1. The van der Waals surface area contributed by atoms with Gasteiger partial charge in [-0.3, -0.25) is 4.99 Å². The van der Waals surface area contributed by atoms with Crippen molar-refractivity contribution in [3.05, 3.63) is 12.2 Å². The van der Waals surface area contributed by atoms with E-state index in [4.69, 9.17) is 0 Å². The maximum Gasteiger partial charge on any atom is 0.432 e. The van der Waals surface area contributed by atoms with E-state index in [0.717, 1.165) is 6.08 Å². The molecule has 0 fully saturated rings. The number of rotatable bonds is 0. The smallest absolute Gasteiger partial charge is 0.277 e. The molecule has 1 aliphatic rings. The molecular weight excluding hydrogens is 167 g/mol. The van der Waals surface area contributed by atoms with Crippen LogP contribution in [0.2, 0.25) is 0 Å². The molecule has 1 rings (SSSR count). The van der Waals surface area contributed by atoms with Crippen LogP contribution in [0.5, 0.6) is 0 Å². The third kappa shape index (κ3) is 1.87. The Hall–Kier alpha value is -0.800. The molecule has 0 bridgehead atoms. The lowest BCUT2D eigenvalue weighted by Crippen LogP contribution is -2.27. The highest BCUT2D eigenvalue weighted by Gasteiger charge is 2.35. The molecule has 0 N–H and O–H groups in total. The molecule has 0 spiro atoms. The van der Waals surface area contributed by atoms with Crippen molar-refractivity contribution in [1.82, 2.24) is 0 Å². The second-order valence-corrected chi connectivity index (χ2v) is 2.97. The summed E-state index contributed by atoms with van der Waals surface area (Å²) in [5, 5.41) is 0. The van der Waals surface area contributed by atoms with Crippen LogP contribution in [-0.4, -0.2) is 17.9 Å². The van der Waals surface area contributed by atoms with Gasteiger partial charge in [0.05, 0.1) is 6.04 Å². The molecule has 0 saturated heterocycles. The third-order valence-corrected chi connectivity index (χ3v) is 1.95. The van der Waals surface area contributed by atoms with Crippen LogP contribution >= 0.6 is 0 Å². The molecule has 0 aromatic rings. The summed E-state index contributed by atoms with van der Waals surface area (Å²) in [6.45, 7) is 3.53. The lowest BCUT2D eigenvalue weighted by atomic mass is 10.00. The van der Waals surface area contributed by atoms with Gasteiger partial charge in [0.15, 0.2) is 0 Å². The average Bonchev–Trinajstić information content (AvgIpc) is 1.92. The van der Waals surface area contributed by atoms with Crippen molar-refractivity contribution in [1.29, 1.82) is 0 Å². The SMILES string of the molecule is CC1C=CC(C(F)(F)F)=NC1C. The van der Waals surface area contributed by atoms with Gasteiger partial charge in [-0.25, -0.2) is 0 Å². The summed E-state index contributed by atoms with van der Waals surface area (Å²) >= 11 is 0. The Labute approximate surface area is 69.0 Å². The Morgan fingerprint density at radius 1 is 1.33 bits per heavy atom. The highest BCUT2D eigenvalue weighted by atomic mass is 19.4. The van der Waals surface area contributed by atoms with E-state index in [1.54, 1.807) is 13.0 Å². The predicted octanol–water partition coefficient (Wildman–Crippen LogP) is 2.58. The summed E-state index contributed by atoms with van der Waals surface area (Å²) in [5.74, 6) is 0.0936. The molecule has 1 nitrogen and oxygen atoms in total. The van der Waals surface area contributed by atoms with Gasteiger partial charge in [-0.05, 0) is 18.9 Å². The lowest BCUT2D eigenvalue weighted by Gasteiger charge is -2.19. The fourth-order valence-corrected chi connectivity index (χ4v) is 0.951. The molecule has 68 valence electrons. The third-order valence-electron chi connectivity index (χ3n) is 1.95. The zero-order valence-corrected chi connectivity index (χ0v) is 6.89. The summed E-state index contributed by atoms with van der Waals surface area (Å²) in [7, 11) is 0. The molecule has 1 aliphatic heterocycles. The van der Waals surface area contributed by atoms with Crippen molar-refractivity contribution in [3.63, 3.8) is 0 Å². The average molecular weight is 177 g/mol. The summed E-state index contributed by atoms with van der Waals surface area (Å²) < 4.78 is 36.2. The monoisotopic (exact) mass is 177 g/mol. The second kappa shape index (κ2) is 2.92. The van der Waals surface area contributed by atoms with Crippen LogP contribution in [0.25, 0.3) is 0 Å². The van der Waals surface area contributed by atoms with E-state index in [-0.39, 0.29) is 12.0 Å². The van der Waals surface area contributed by atoms with Crippen LogP contribution in [0, 0.1) is 5.92 Å². The van der Waals surface area contributed by atoms with Gasteiger partial charge < -0.3 is 0 Å². The van der Waals surface area contributed by atoms with Gasteiger partial charge in [0.2, 0.25) is 0 Å². The lowest BCUT2D eigenvalue weighted by molar-refractivity contribution is -0.0583. The minimum Gasteiger partial charge on any atom is -0.277 e. The highest BCUT2D eigenvalue weighted by Crippen LogP contribution is 2.24. The van der Waals surface area contributed by atoms with E-state index in [0.29, 0.717) is 0 Å². The van der Waals surface area contributed by atoms with Crippen LogP contribution in [-0.2, 0) is 0 Å². The van der Waals surface area contributed by atoms with Crippen LogP contribution in [0.15, 0.2) is 17.1 Å². The van der Waals surface area contributed by atoms with Gasteiger partial charge in [0.25, 0.3) is 0 Å². The zero-order chi connectivity index (χ0) is 9.35. The molecule has 0 amide bonds. The molecule has 0 aromatic heterocycles. The molecule has 2 atom stereocenters. The van der Waals surface area contributed by atoms with E-state index in [1.165, 1.54) is 0 Å². The first kappa shape index (κ1) is 9.29. The quantitative estimate of drug-likeness (QED) is 0.539. The van der Waals surface area contributed by atoms with Crippen LogP contribution in [0.1, 0.15) is 13.8 Å². The van der Waals surface area contributed by atoms with Crippen molar-refractivity contribution in [2.75, 3.05) is 0 Å². The maximum absolute atomic E-state index is 12.1. The van der Waals surface area contributed by atoms with E-state index in [9.17, 15) is 13.2 Å². The number of hydrogen-bond acceptors (Lipinski definition) is 1. The largest absolute Gasteiger partial charge is 0.432 e. The number of alkyl halides is 3. The number of dihydropyridines is 1. The normalized spacial score (nSPS) is 30.2. The van der Waals surface area contributed by atoms with Crippen LogP contribution in [0.3, 0.4) is 0 Å². The molecule has 12 heavy (non-hydrogen) atoms. The summed E-state index contributed by atoms with van der Waals surface area (Å²) in [4.78, 5) is 3.54. The van der Waals surface area contributed by atoms with Crippen LogP contribution < -0.4 is 0 Å². The first-order valence-corrected chi connectivity index (χ1v) is 3.74. The second-order valence-electron chi connectivity index (χ2n) is 2.97. The standard InChI is InChI=1S/C8H10F3N/c1-5-3-4-7(8(9,10)11)12-6(5)2/h3-6H,1-2H3. The first-order chi connectivity index (χ1) is 5.41. The van der Waals surface area contributed by atoms with Gasteiger partial charge in [-0.15, -0.1) is 0 Å². The van der Waals surface area contributed by atoms with E-state index >= 15 is 0 Å². The molecule has 0 aromatic carbocycles. The first-order valence-electron chi connectivity index (χ1n) is 3.74. The zero-order valence-electron chi connectivity index (χ0n) is 6.89. The van der Waals surface area contributed by atoms with Crippen molar-refractivity contribution in [2.45, 2.75) is 26.1 Å². The summed E-state index contributed by atoms with van der Waals surface area (Å²) in [5.41, 5.74) is -0.770. The Balaban J connectivity index is 2.84. The van der Waals surface area contributed by atoms with Crippen molar-refractivity contribution < 1.29 is 13.2 Å². The van der Waals surface area contributed by atoms with E-state index in [2.05, 4.69) is 4.99 Å². The van der Waals surface area contributed by atoms with Gasteiger partial charge >= 0.3 is 6.18 Å². The fraction of sp³-hybridized carbons (Fsp3) is 0.625. The molecule has 1 heterocycles. The molecular formula is C8H10F3N. The molecule has 0 radical (unpaired) electrons. The molecule has 0 aliphatic carbocycles. The number of hydrogen-bond donors (Lipinski definition) is 0. The predicted molar refractivity (Wildman–Crippen MR) is 41.3 cm³/mol. The fourth-order valence-electron chi connectivity index (χ4n) is 0.951. The van der Waals surface area contributed by atoms with E-state index in [1.807, 2.05) is 6.92 Å². The molecule has 4 heteroatoms. The summed E-state index contributed by atoms with van der Waals surface area (Å²) in [6, 6.07) is -0.272. The Morgan fingerprint density at radius 3 is 2.33 bits per heavy atom. The highest BCUT2D eigenvalue weighted by molar-refractivity contribution is 6.00. The number of halogens is 3. The van der Waals surface area contributed by atoms with Crippen molar-refractivity contribution in [2.24, 2.45) is 10.9 Å². The molecule has 0 saturated carbocycles. The van der Waals surface area contributed by atoms with Gasteiger partial charge in [0.1, 0.15) is 5.71 Å².